The summed E-state index contributed by atoms with van der Waals surface area (Å²) in [6.07, 6.45) is -0.360. The number of aliphatic hydroxyl groups excluding tert-OH is 1. The first-order chi connectivity index (χ1) is 11.0. The summed E-state index contributed by atoms with van der Waals surface area (Å²) >= 11 is 0. The van der Waals surface area contributed by atoms with Crippen molar-refractivity contribution in [3.05, 3.63) is 28.0 Å². The van der Waals surface area contributed by atoms with Crippen LogP contribution in [0.25, 0.3) is 10.9 Å². The Morgan fingerprint density at radius 1 is 1.35 bits per heavy atom. The van der Waals surface area contributed by atoms with E-state index in [0.717, 1.165) is 5.39 Å². The highest BCUT2D eigenvalue weighted by atomic mass is 16.7. The minimum absolute atomic E-state index is 0.0527. The Hall–Kier alpha value is -2.21. The number of benzene rings is 1. The van der Waals surface area contributed by atoms with Crippen LogP contribution >= 0.6 is 0 Å². The third-order valence-corrected chi connectivity index (χ3v) is 4.32. The predicted octanol–water partition coefficient (Wildman–Crippen LogP) is 1.84. The molecule has 1 aromatic heterocycles. The van der Waals surface area contributed by atoms with Crippen LogP contribution in [0.1, 0.15) is 19.4 Å². The lowest BCUT2D eigenvalue weighted by Gasteiger charge is -2.19. The average Bonchev–Trinajstić information content (AvgIpc) is 3.00. The van der Waals surface area contributed by atoms with Crippen molar-refractivity contribution in [3.63, 3.8) is 0 Å². The van der Waals surface area contributed by atoms with E-state index < -0.39 is 6.10 Å². The highest BCUT2D eigenvalue weighted by molar-refractivity contribution is 5.93. The Labute approximate surface area is 134 Å². The molecule has 0 unspecified atom stereocenters. The molecule has 23 heavy (non-hydrogen) atoms. The van der Waals surface area contributed by atoms with Crippen molar-refractivity contribution in [1.82, 2.24) is 4.57 Å². The SMILES string of the molecule is COc1c(C[C@H](O)C(C)C)c(=O)n(C)c2c3c(ccc12)OCO3. The highest BCUT2D eigenvalue weighted by Gasteiger charge is 2.25. The topological polar surface area (TPSA) is 69.9 Å². The van der Waals surface area contributed by atoms with Gasteiger partial charge in [0, 0.05) is 18.9 Å². The van der Waals surface area contributed by atoms with Gasteiger partial charge < -0.3 is 23.9 Å². The summed E-state index contributed by atoms with van der Waals surface area (Å²) in [6.45, 7) is 3.97. The number of pyridine rings is 1. The van der Waals surface area contributed by atoms with Gasteiger partial charge in [0.25, 0.3) is 5.56 Å². The van der Waals surface area contributed by atoms with Gasteiger partial charge in [-0.3, -0.25) is 4.79 Å². The summed E-state index contributed by atoms with van der Waals surface area (Å²) in [4.78, 5) is 12.8. The van der Waals surface area contributed by atoms with Gasteiger partial charge in [-0.05, 0) is 18.1 Å². The molecule has 0 radical (unpaired) electrons. The van der Waals surface area contributed by atoms with E-state index >= 15 is 0 Å². The van der Waals surface area contributed by atoms with Gasteiger partial charge in [0.1, 0.15) is 11.3 Å². The summed E-state index contributed by atoms with van der Waals surface area (Å²) in [7, 11) is 3.22. The van der Waals surface area contributed by atoms with E-state index in [1.165, 1.54) is 11.7 Å². The summed E-state index contributed by atoms with van der Waals surface area (Å²) in [6, 6.07) is 3.66. The molecular weight excluding hydrogens is 298 g/mol. The van der Waals surface area contributed by atoms with Crippen LogP contribution in [0.15, 0.2) is 16.9 Å². The van der Waals surface area contributed by atoms with Gasteiger partial charge >= 0.3 is 0 Å². The van der Waals surface area contributed by atoms with E-state index in [9.17, 15) is 9.90 Å². The second-order valence-electron chi connectivity index (χ2n) is 6.09. The number of hydrogen-bond acceptors (Lipinski definition) is 5. The average molecular weight is 319 g/mol. The van der Waals surface area contributed by atoms with Crippen molar-refractivity contribution >= 4 is 10.9 Å². The molecule has 6 heteroatoms. The molecule has 124 valence electrons. The lowest BCUT2D eigenvalue weighted by molar-refractivity contribution is 0.124. The van der Waals surface area contributed by atoms with Crippen LogP contribution in [-0.4, -0.2) is 29.7 Å². The van der Waals surface area contributed by atoms with Crippen LogP contribution in [0, 0.1) is 5.92 Å². The van der Waals surface area contributed by atoms with E-state index in [2.05, 4.69) is 0 Å². The Balaban J connectivity index is 2.29. The van der Waals surface area contributed by atoms with Crippen LogP contribution in [0.5, 0.6) is 17.2 Å². The fraction of sp³-hybridized carbons (Fsp3) is 0.471. The maximum Gasteiger partial charge on any atom is 0.257 e. The number of fused-ring (bicyclic) bond motifs is 3. The summed E-state index contributed by atoms with van der Waals surface area (Å²) in [5.74, 6) is 1.71. The van der Waals surface area contributed by atoms with Gasteiger partial charge in [0.15, 0.2) is 11.5 Å². The molecule has 0 amide bonds. The van der Waals surface area contributed by atoms with E-state index in [0.29, 0.717) is 28.3 Å². The van der Waals surface area contributed by atoms with Gasteiger partial charge in [-0.2, -0.15) is 0 Å². The first-order valence-electron chi connectivity index (χ1n) is 7.62. The van der Waals surface area contributed by atoms with Gasteiger partial charge in [0.2, 0.25) is 6.79 Å². The van der Waals surface area contributed by atoms with E-state index in [1.807, 2.05) is 19.9 Å². The highest BCUT2D eigenvalue weighted by Crippen LogP contribution is 2.42. The second-order valence-corrected chi connectivity index (χ2v) is 6.09. The molecule has 0 saturated carbocycles. The first kappa shape index (κ1) is 15.7. The number of nitrogens with zero attached hydrogens (tertiary/aromatic N) is 1. The number of hydrogen-bond donors (Lipinski definition) is 1. The molecule has 1 N–H and O–H groups in total. The third kappa shape index (κ3) is 2.43. The van der Waals surface area contributed by atoms with Crippen LogP contribution < -0.4 is 19.8 Å². The van der Waals surface area contributed by atoms with Crippen molar-refractivity contribution in [3.8, 4) is 17.2 Å². The molecule has 0 saturated heterocycles. The number of aryl methyl sites for hydroxylation is 1. The normalized spacial score (nSPS) is 14.5. The predicted molar refractivity (Wildman–Crippen MR) is 86.4 cm³/mol. The smallest absolute Gasteiger partial charge is 0.257 e. The standard InChI is InChI=1S/C17H21NO5/c1-9(2)12(19)7-11-15(21-4)10-5-6-13-16(23-8-22-13)14(10)18(3)17(11)20/h5-6,9,12,19H,7-8H2,1-4H3/t12-/m0/s1. The van der Waals surface area contributed by atoms with E-state index in [4.69, 9.17) is 14.2 Å². The molecule has 1 atom stereocenters. The lowest BCUT2D eigenvalue weighted by atomic mass is 9.98. The van der Waals surface area contributed by atoms with Crippen LogP contribution in [-0.2, 0) is 13.5 Å². The molecule has 0 bridgehead atoms. The maximum absolute atomic E-state index is 12.8. The number of rotatable bonds is 4. The summed E-state index contributed by atoms with van der Waals surface area (Å²) in [5.41, 5.74) is 0.921. The van der Waals surface area contributed by atoms with Crippen molar-refractivity contribution in [2.75, 3.05) is 13.9 Å². The van der Waals surface area contributed by atoms with Crippen molar-refractivity contribution in [2.45, 2.75) is 26.4 Å². The molecule has 1 aliphatic rings. The first-order valence-corrected chi connectivity index (χ1v) is 7.62. The van der Waals surface area contributed by atoms with Gasteiger partial charge in [-0.1, -0.05) is 13.8 Å². The molecule has 0 fully saturated rings. The number of aromatic nitrogens is 1. The molecule has 6 nitrogen and oxygen atoms in total. The van der Waals surface area contributed by atoms with Crippen LogP contribution in [0.4, 0.5) is 0 Å². The monoisotopic (exact) mass is 319 g/mol. The van der Waals surface area contributed by atoms with Gasteiger partial charge in [-0.15, -0.1) is 0 Å². The Bertz CT molecular complexity index is 809. The number of methoxy groups -OCH3 is 1. The van der Waals surface area contributed by atoms with E-state index in [1.54, 1.807) is 13.1 Å². The number of ether oxygens (including phenoxy) is 3. The van der Waals surface area contributed by atoms with Crippen molar-refractivity contribution < 1.29 is 19.3 Å². The minimum atomic E-state index is -0.608. The van der Waals surface area contributed by atoms with E-state index in [-0.39, 0.29) is 24.7 Å². The molecular formula is C17H21NO5. The van der Waals surface area contributed by atoms with Crippen molar-refractivity contribution in [1.29, 1.82) is 0 Å². The quantitative estimate of drug-likeness (QED) is 0.931. The Kier molecular flexibility index (Phi) is 3.93. The Morgan fingerprint density at radius 3 is 2.74 bits per heavy atom. The second kappa shape index (κ2) is 5.77. The van der Waals surface area contributed by atoms with Crippen molar-refractivity contribution in [2.24, 2.45) is 13.0 Å². The summed E-state index contributed by atoms with van der Waals surface area (Å²) < 4.78 is 18.0. The summed E-state index contributed by atoms with van der Waals surface area (Å²) in [5, 5.41) is 11.0. The van der Waals surface area contributed by atoms with Crippen LogP contribution in [0.3, 0.4) is 0 Å². The van der Waals surface area contributed by atoms with Gasteiger partial charge in [0.05, 0.1) is 18.8 Å². The molecule has 3 rings (SSSR count). The zero-order valence-electron chi connectivity index (χ0n) is 13.8. The Morgan fingerprint density at radius 2 is 2.09 bits per heavy atom. The fourth-order valence-corrected chi connectivity index (χ4v) is 2.90. The van der Waals surface area contributed by atoms with Gasteiger partial charge in [-0.25, -0.2) is 0 Å². The minimum Gasteiger partial charge on any atom is -0.496 e. The molecule has 2 heterocycles. The largest absolute Gasteiger partial charge is 0.496 e. The molecule has 0 spiro atoms. The lowest BCUT2D eigenvalue weighted by Crippen LogP contribution is -2.28. The molecule has 1 aromatic carbocycles. The number of aliphatic hydroxyl groups is 1. The zero-order valence-corrected chi connectivity index (χ0v) is 13.8. The van der Waals surface area contributed by atoms with Crippen LogP contribution in [0.2, 0.25) is 0 Å². The zero-order chi connectivity index (χ0) is 16.7. The maximum atomic E-state index is 12.8. The molecule has 0 aliphatic carbocycles. The molecule has 1 aliphatic heterocycles. The molecule has 2 aromatic rings. The third-order valence-electron chi connectivity index (χ3n) is 4.32. The fourth-order valence-electron chi connectivity index (χ4n) is 2.90.